The van der Waals surface area contributed by atoms with Crippen molar-refractivity contribution in [2.24, 2.45) is 5.90 Å². The van der Waals surface area contributed by atoms with E-state index in [0.717, 1.165) is 9.88 Å². The van der Waals surface area contributed by atoms with Gasteiger partial charge in [-0.05, 0) is 19.1 Å². The van der Waals surface area contributed by atoms with Crippen LogP contribution in [0.3, 0.4) is 0 Å². The summed E-state index contributed by atoms with van der Waals surface area (Å²) >= 11 is 1.65. The molecule has 0 radical (unpaired) electrons. The van der Waals surface area contributed by atoms with E-state index < -0.39 is 0 Å². The maximum atomic E-state index is 5.04. The highest BCUT2D eigenvalue weighted by Crippen LogP contribution is 2.27. The van der Waals surface area contributed by atoms with Crippen LogP contribution in [-0.4, -0.2) is 7.05 Å². The molecule has 1 aromatic heterocycles. The van der Waals surface area contributed by atoms with Crippen molar-refractivity contribution in [1.82, 2.24) is 0 Å². The van der Waals surface area contributed by atoms with Gasteiger partial charge in [0, 0.05) is 11.9 Å². The number of anilines is 1. The summed E-state index contributed by atoms with van der Waals surface area (Å²) < 4.78 is 0. The second kappa shape index (κ2) is 3.71. The maximum absolute atomic E-state index is 5.04. The SMILES string of the molecule is CNc1ccc(C(C)ON)s1. The number of hydrogen-bond acceptors (Lipinski definition) is 4. The van der Waals surface area contributed by atoms with Crippen LogP contribution in [-0.2, 0) is 4.84 Å². The van der Waals surface area contributed by atoms with E-state index in [1.807, 2.05) is 26.1 Å². The molecule has 0 amide bonds. The van der Waals surface area contributed by atoms with Gasteiger partial charge >= 0.3 is 0 Å². The smallest absolute Gasteiger partial charge is 0.110 e. The van der Waals surface area contributed by atoms with Crippen molar-refractivity contribution in [2.45, 2.75) is 13.0 Å². The van der Waals surface area contributed by atoms with Crippen LogP contribution < -0.4 is 11.2 Å². The van der Waals surface area contributed by atoms with Crippen molar-refractivity contribution in [3.05, 3.63) is 17.0 Å². The van der Waals surface area contributed by atoms with E-state index in [9.17, 15) is 0 Å². The quantitative estimate of drug-likeness (QED) is 0.683. The van der Waals surface area contributed by atoms with Crippen LogP contribution in [0.1, 0.15) is 17.9 Å². The normalized spacial score (nSPS) is 13.0. The molecule has 11 heavy (non-hydrogen) atoms. The number of rotatable bonds is 3. The van der Waals surface area contributed by atoms with E-state index in [0.29, 0.717) is 0 Å². The molecule has 1 atom stereocenters. The second-order valence-electron chi connectivity index (χ2n) is 2.23. The molecule has 4 heteroatoms. The summed E-state index contributed by atoms with van der Waals surface area (Å²) in [5.41, 5.74) is 0. The molecule has 1 heterocycles. The third kappa shape index (κ3) is 1.92. The highest BCUT2D eigenvalue weighted by Gasteiger charge is 2.06. The monoisotopic (exact) mass is 172 g/mol. The molecule has 62 valence electrons. The van der Waals surface area contributed by atoms with E-state index in [1.165, 1.54) is 0 Å². The van der Waals surface area contributed by atoms with Gasteiger partial charge in [0.05, 0.1) is 5.00 Å². The Balaban J connectivity index is 2.71. The van der Waals surface area contributed by atoms with Gasteiger partial charge in [-0.3, -0.25) is 4.84 Å². The van der Waals surface area contributed by atoms with Crippen LogP contribution in [0, 0.1) is 0 Å². The highest BCUT2D eigenvalue weighted by atomic mass is 32.1. The lowest BCUT2D eigenvalue weighted by molar-refractivity contribution is 0.0689. The third-order valence-electron chi connectivity index (χ3n) is 1.48. The Morgan fingerprint density at radius 3 is 2.82 bits per heavy atom. The van der Waals surface area contributed by atoms with Gasteiger partial charge in [0.15, 0.2) is 0 Å². The first-order valence-electron chi connectivity index (χ1n) is 3.41. The van der Waals surface area contributed by atoms with Crippen LogP contribution in [0.15, 0.2) is 12.1 Å². The van der Waals surface area contributed by atoms with Crippen molar-refractivity contribution in [1.29, 1.82) is 0 Å². The van der Waals surface area contributed by atoms with Crippen LogP contribution >= 0.6 is 11.3 Å². The van der Waals surface area contributed by atoms with E-state index in [2.05, 4.69) is 10.2 Å². The predicted octanol–water partition coefficient (Wildman–Crippen LogP) is 1.74. The topological polar surface area (TPSA) is 47.3 Å². The van der Waals surface area contributed by atoms with Crippen molar-refractivity contribution in [2.75, 3.05) is 12.4 Å². The molecule has 0 aromatic carbocycles. The fraction of sp³-hybridized carbons (Fsp3) is 0.429. The molecule has 0 bridgehead atoms. The van der Waals surface area contributed by atoms with Gasteiger partial charge < -0.3 is 5.32 Å². The van der Waals surface area contributed by atoms with Crippen molar-refractivity contribution >= 4 is 16.3 Å². The van der Waals surface area contributed by atoms with E-state index >= 15 is 0 Å². The van der Waals surface area contributed by atoms with Crippen LogP contribution in [0.5, 0.6) is 0 Å². The van der Waals surface area contributed by atoms with Gasteiger partial charge in [0.2, 0.25) is 0 Å². The summed E-state index contributed by atoms with van der Waals surface area (Å²) in [6.07, 6.45) is -0.0119. The highest BCUT2D eigenvalue weighted by molar-refractivity contribution is 7.16. The minimum atomic E-state index is -0.0119. The fourth-order valence-electron chi connectivity index (χ4n) is 0.773. The average molecular weight is 172 g/mol. The zero-order valence-electron chi connectivity index (χ0n) is 6.63. The Hall–Kier alpha value is -0.580. The predicted molar refractivity (Wildman–Crippen MR) is 47.6 cm³/mol. The molecule has 0 fully saturated rings. The minimum Gasteiger partial charge on any atom is -0.380 e. The van der Waals surface area contributed by atoms with Crippen molar-refractivity contribution < 1.29 is 4.84 Å². The third-order valence-corrected chi connectivity index (χ3v) is 2.74. The average Bonchev–Trinajstić information content (AvgIpc) is 2.50. The molecule has 1 rings (SSSR count). The lowest BCUT2D eigenvalue weighted by Gasteiger charge is -2.03. The largest absolute Gasteiger partial charge is 0.380 e. The molecule has 1 unspecified atom stereocenters. The van der Waals surface area contributed by atoms with E-state index in [-0.39, 0.29) is 6.10 Å². The molecule has 0 aliphatic carbocycles. The van der Waals surface area contributed by atoms with Crippen molar-refractivity contribution in [3.63, 3.8) is 0 Å². The first-order valence-corrected chi connectivity index (χ1v) is 4.22. The number of hydrogen-bond donors (Lipinski definition) is 2. The minimum absolute atomic E-state index is 0.0119. The molecule has 3 nitrogen and oxygen atoms in total. The number of nitrogens with one attached hydrogen (secondary N) is 1. The van der Waals surface area contributed by atoms with Gasteiger partial charge in [-0.2, -0.15) is 0 Å². The van der Waals surface area contributed by atoms with Gasteiger partial charge in [-0.15, -0.1) is 11.3 Å². The molecular weight excluding hydrogens is 160 g/mol. The summed E-state index contributed by atoms with van der Waals surface area (Å²) in [6.45, 7) is 1.92. The van der Waals surface area contributed by atoms with Crippen LogP contribution in [0.4, 0.5) is 5.00 Å². The zero-order chi connectivity index (χ0) is 8.27. The van der Waals surface area contributed by atoms with Gasteiger partial charge in [0.1, 0.15) is 6.10 Å². The standard InChI is InChI=1S/C7H12N2OS/c1-5(10-8)6-3-4-7(9-2)11-6/h3-5,9H,8H2,1-2H3. The molecule has 0 saturated carbocycles. The molecule has 0 aliphatic heterocycles. The molecule has 0 spiro atoms. The van der Waals surface area contributed by atoms with Gasteiger partial charge in [0.25, 0.3) is 0 Å². The summed E-state index contributed by atoms with van der Waals surface area (Å²) in [6, 6.07) is 4.02. The summed E-state index contributed by atoms with van der Waals surface area (Å²) in [5.74, 6) is 5.04. The Bertz CT molecular complexity index is 224. The first-order chi connectivity index (χ1) is 5.27. The van der Waals surface area contributed by atoms with Gasteiger partial charge in [-0.1, -0.05) is 0 Å². The summed E-state index contributed by atoms with van der Waals surface area (Å²) in [7, 11) is 1.89. The Morgan fingerprint density at radius 2 is 2.36 bits per heavy atom. The lowest BCUT2D eigenvalue weighted by Crippen LogP contribution is -2.03. The second-order valence-corrected chi connectivity index (χ2v) is 3.35. The number of nitrogens with two attached hydrogens (primary N) is 1. The zero-order valence-corrected chi connectivity index (χ0v) is 7.44. The fourth-order valence-corrected chi connectivity index (χ4v) is 1.62. The molecular formula is C7H12N2OS. The van der Waals surface area contributed by atoms with E-state index in [1.54, 1.807) is 11.3 Å². The van der Waals surface area contributed by atoms with Crippen molar-refractivity contribution in [3.8, 4) is 0 Å². The van der Waals surface area contributed by atoms with Gasteiger partial charge in [-0.25, -0.2) is 5.90 Å². The molecule has 0 saturated heterocycles. The molecule has 1 aromatic rings. The van der Waals surface area contributed by atoms with Crippen LogP contribution in [0.2, 0.25) is 0 Å². The number of thiophene rings is 1. The Kier molecular flexibility index (Phi) is 2.87. The summed E-state index contributed by atoms with van der Waals surface area (Å²) in [4.78, 5) is 5.81. The summed E-state index contributed by atoms with van der Waals surface area (Å²) in [5, 5.41) is 4.18. The lowest BCUT2D eigenvalue weighted by atomic mass is 10.3. The Morgan fingerprint density at radius 1 is 1.64 bits per heavy atom. The Labute approximate surface area is 70.1 Å². The molecule has 0 aliphatic rings. The van der Waals surface area contributed by atoms with E-state index in [4.69, 9.17) is 5.90 Å². The van der Waals surface area contributed by atoms with Crippen LogP contribution in [0.25, 0.3) is 0 Å². The molecule has 3 N–H and O–H groups in total. The maximum Gasteiger partial charge on any atom is 0.110 e. The first kappa shape index (κ1) is 8.52.